The number of aromatic amines is 1. The lowest BCUT2D eigenvalue weighted by Gasteiger charge is -2.42. The van der Waals surface area contributed by atoms with Crippen LogP contribution in [0.5, 0.6) is 0 Å². The number of nitrogens with one attached hydrogen (secondary N) is 1. The number of hydrogen-bond acceptors (Lipinski definition) is 3. The minimum Gasteiger partial charge on any atom is -0.379 e. The Hall–Kier alpha value is -2.14. The summed E-state index contributed by atoms with van der Waals surface area (Å²) < 4.78 is 5.57. The third kappa shape index (κ3) is 3.39. The van der Waals surface area contributed by atoms with Crippen LogP contribution >= 0.6 is 0 Å². The maximum atomic E-state index is 5.57. The number of nitrogens with zero attached hydrogens (tertiary/aromatic N) is 2. The normalized spacial score (nSPS) is 21.4. The molecule has 0 amide bonds. The Kier molecular flexibility index (Phi) is 4.73. The van der Waals surface area contributed by atoms with Crippen LogP contribution < -0.4 is 0 Å². The summed E-state index contributed by atoms with van der Waals surface area (Å²) in [6.07, 6.45) is 0. The van der Waals surface area contributed by atoms with Gasteiger partial charge in [-0.25, -0.2) is 0 Å². The quantitative estimate of drug-likeness (QED) is 0.724. The Balaban J connectivity index is 1.51. The molecule has 4 nitrogen and oxygen atoms in total. The van der Waals surface area contributed by atoms with E-state index in [0.717, 1.165) is 39.4 Å². The van der Waals surface area contributed by atoms with E-state index in [-0.39, 0.29) is 5.54 Å². The average Bonchev–Trinajstić information content (AvgIpc) is 3.17. The highest BCUT2D eigenvalue weighted by Gasteiger charge is 2.32. The van der Waals surface area contributed by atoms with Crippen LogP contribution in [0, 0.1) is 0 Å². The summed E-state index contributed by atoms with van der Waals surface area (Å²) in [6.45, 7) is 10.4. The average molecular weight is 390 g/mol. The van der Waals surface area contributed by atoms with Crippen molar-refractivity contribution in [3.05, 3.63) is 70.9 Å². The van der Waals surface area contributed by atoms with E-state index in [1.165, 1.54) is 33.3 Å². The van der Waals surface area contributed by atoms with Crippen molar-refractivity contribution >= 4 is 10.9 Å². The van der Waals surface area contributed by atoms with Gasteiger partial charge in [-0.1, -0.05) is 36.4 Å². The van der Waals surface area contributed by atoms with Gasteiger partial charge in [0.2, 0.25) is 0 Å². The monoisotopic (exact) mass is 389 g/mol. The highest BCUT2D eigenvalue weighted by atomic mass is 16.5. The molecule has 5 rings (SSSR count). The summed E-state index contributed by atoms with van der Waals surface area (Å²) >= 11 is 0. The lowest BCUT2D eigenvalue weighted by molar-refractivity contribution is -0.0118. The summed E-state index contributed by atoms with van der Waals surface area (Å²) in [6, 6.07) is 18.1. The summed E-state index contributed by atoms with van der Waals surface area (Å²) in [5, 5.41) is 1.29. The van der Waals surface area contributed by atoms with Gasteiger partial charge in [0.1, 0.15) is 0 Å². The van der Waals surface area contributed by atoms with Gasteiger partial charge in [0.15, 0.2) is 0 Å². The molecule has 2 aromatic carbocycles. The highest BCUT2D eigenvalue weighted by Crippen LogP contribution is 2.37. The number of H-pyrrole nitrogens is 1. The van der Waals surface area contributed by atoms with E-state index in [1.54, 1.807) is 0 Å². The second kappa shape index (κ2) is 7.28. The fraction of sp³-hybridized carbons (Fsp3) is 0.440. The van der Waals surface area contributed by atoms with E-state index in [2.05, 4.69) is 84.2 Å². The molecule has 4 heteroatoms. The lowest BCUT2D eigenvalue weighted by atomic mass is 9.83. The first-order valence-corrected chi connectivity index (χ1v) is 10.7. The van der Waals surface area contributed by atoms with Gasteiger partial charge in [-0.05, 0) is 55.1 Å². The zero-order valence-corrected chi connectivity index (χ0v) is 17.7. The molecule has 0 aliphatic carbocycles. The summed E-state index contributed by atoms with van der Waals surface area (Å²) in [4.78, 5) is 8.68. The van der Waals surface area contributed by atoms with E-state index < -0.39 is 0 Å². The first kappa shape index (κ1) is 18.9. The minimum absolute atomic E-state index is 0.0193. The molecule has 2 aliphatic heterocycles. The molecule has 0 saturated carbocycles. The topological polar surface area (TPSA) is 31.5 Å². The molecule has 1 N–H and O–H groups in total. The van der Waals surface area contributed by atoms with Crippen LogP contribution in [0.2, 0.25) is 0 Å². The van der Waals surface area contributed by atoms with E-state index >= 15 is 0 Å². The lowest BCUT2D eigenvalue weighted by Crippen LogP contribution is -2.48. The van der Waals surface area contributed by atoms with Crippen molar-refractivity contribution in [1.82, 2.24) is 14.8 Å². The molecule has 0 spiro atoms. The number of morpholine rings is 1. The molecule has 3 aromatic rings. The van der Waals surface area contributed by atoms with Crippen LogP contribution in [0.25, 0.3) is 10.9 Å². The molecule has 0 radical (unpaired) electrons. The first-order valence-electron chi connectivity index (χ1n) is 10.7. The maximum Gasteiger partial charge on any atom is 0.0594 e. The number of benzene rings is 2. The summed E-state index contributed by atoms with van der Waals surface area (Å²) in [5.74, 6) is 0.386. The second-order valence-electron chi connectivity index (χ2n) is 9.13. The number of aromatic nitrogens is 1. The number of fused-ring (bicyclic) bond motifs is 2. The summed E-state index contributed by atoms with van der Waals surface area (Å²) in [5.41, 5.74) is 6.90. The highest BCUT2D eigenvalue weighted by molar-refractivity contribution is 5.80. The second-order valence-corrected chi connectivity index (χ2v) is 9.13. The maximum absolute atomic E-state index is 5.57. The molecular formula is C25H31N3O. The van der Waals surface area contributed by atoms with Gasteiger partial charge < -0.3 is 14.6 Å². The number of para-hydroxylation sites is 1. The van der Waals surface area contributed by atoms with Gasteiger partial charge >= 0.3 is 0 Å². The summed E-state index contributed by atoms with van der Waals surface area (Å²) in [7, 11) is 2.23. The molecule has 0 bridgehead atoms. The molecule has 3 heterocycles. The van der Waals surface area contributed by atoms with Crippen molar-refractivity contribution in [1.29, 1.82) is 0 Å². The minimum atomic E-state index is 0.0193. The van der Waals surface area contributed by atoms with Crippen molar-refractivity contribution < 1.29 is 4.74 Å². The smallest absolute Gasteiger partial charge is 0.0594 e. The van der Waals surface area contributed by atoms with Gasteiger partial charge in [-0.15, -0.1) is 0 Å². The molecule has 1 unspecified atom stereocenters. The Morgan fingerprint density at radius 1 is 1.03 bits per heavy atom. The Bertz CT molecular complexity index is 983. The Morgan fingerprint density at radius 3 is 2.62 bits per heavy atom. The predicted octanol–water partition coefficient (Wildman–Crippen LogP) is 4.31. The zero-order valence-electron chi connectivity index (χ0n) is 17.7. The van der Waals surface area contributed by atoms with E-state index in [4.69, 9.17) is 4.74 Å². The van der Waals surface area contributed by atoms with Crippen molar-refractivity contribution in [3.63, 3.8) is 0 Å². The van der Waals surface area contributed by atoms with Crippen LogP contribution in [0.1, 0.15) is 42.1 Å². The van der Waals surface area contributed by atoms with Gasteiger partial charge in [0.25, 0.3) is 0 Å². The zero-order chi connectivity index (χ0) is 20.0. The Labute approximate surface area is 173 Å². The standard InChI is InChI=1S/C25H31N3O/c1-25(2,28-10-12-29-13-11-28)20-8-9-21-19(14-20)16-27(3)17-22(21)24-15-18-6-4-5-7-23(18)26-24/h4-9,14-15,22,26H,10-13,16-17H2,1-3H3. The van der Waals surface area contributed by atoms with E-state index in [0.29, 0.717) is 5.92 Å². The Morgan fingerprint density at radius 2 is 1.83 bits per heavy atom. The van der Waals surface area contributed by atoms with Gasteiger partial charge in [-0.2, -0.15) is 0 Å². The number of likely N-dealkylation sites (N-methyl/N-ethyl adjacent to an activating group) is 1. The first-order chi connectivity index (χ1) is 14.0. The third-order valence-corrected chi connectivity index (χ3v) is 6.89. The molecule has 1 atom stereocenters. The van der Waals surface area contributed by atoms with E-state index in [9.17, 15) is 0 Å². The van der Waals surface area contributed by atoms with Crippen LogP contribution in [0.3, 0.4) is 0 Å². The number of rotatable bonds is 3. The van der Waals surface area contributed by atoms with Crippen LogP contribution in [-0.2, 0) is 16.8 Å². The van der Waals surface area contributed by atoms with Crippen LogP contribution in [-0.4, -0.2) is 54.7 Å². The molecule has 2 aliphatic rings. The molecular weight excluding hydrogens is 358 g/mol. The fourth-order valence-electron chi connectivity index (χ4n) is 5.08. The largest absolute Gasteiger partial charge is 0.379 e. The van der Waals surface area contributed by atoms with Crippen molar-refractivity contribution in [2.75, 3.05) is 39.9 Å². The molecule has 1 aromatic heterocycles. The SMILES string of the molecule is CN1Cc2cc(C(C)(C)N3CCOCC3)ccc2C(c2cc3ccccc3[nH]2)C1. The van der Waals surface area contributed by atoms with Crippen LogP contribution in [0.4, 0.5) is 0 Å². The van der Waals surface area contributed by atoms with Crippen molar-refractivity contribution in [2.24, 2.45) is 0 Å². The molecule has 1 fully saturated rings. The van der Waals surface area contributed by atoms with Crippen LogP contribution in [0.15, 0.2) is 48.5 Å². The van der Waals surface area contributed by atoms with E-state index in [1.807, 2.05) is 0 Å². The van der Waals surface area contributed by atoms with Crippen molar-refractivity contribution in [2.45, 2.75) is 31.8 Å². The third-order valence-electron chi connectivity index (χ3n) is 6.89. The van der Waals surface area contributed by atoms with Gasteiger partial charge in [0.05, 0.1) is 13.2 Å². The van der Waals surface area contributed by atoms with Gasteiger partial charge in [0, 0.05) is 48.8 Å². The fourth-order valence-corrected chi connectivity index (χ4v) is 5.08. The molecule has 152 valence electrons. The van der Waals surface area contributed by atoms with Gasteiger partial charge in [-0.3, -0.25) is 4.90 Å². The molecule has 1 saturated heterocycles. The molecule has 29 heavy (non-hydrogen) atoms. The predicted molar refractivity (Wildman–Crippen MR) is 118 cm³/mol. The number of ether oxygens (including phenoxy) is 1. The van der Waals surface area contributed by atoms with Crippen molar-refractivity contribution in [3.8, 4) is 0 Å². The number of hydrogen-bond donors (Lipinski definition) is 1.